The highest BCUT2D eigenvalue weighted by atomic mass is 32.2. The smallest absolute Gasteiger partial charge is 0.233 e. The van der Waals surface area contributed by atoms with Crippen LogP contribution in [0, 0.1) is 0 Å². The number of carbonyl (C=O) groups is 1. The van der Waals surface area contributed by atoms with E-state index in [-0.39, 0.29) is 11.2 Å². The predicted molar refractivity (Wildman–Crippen MR) is 104 cm³/mol. The molecule has 1 atom stereocenters. The first-order valence-corrected chi connectivity index (χ1v) is 9.52. The van der Waals surface area contributed by atoms with Gasteiger partial charge in [-0.25, -0.2) is 0 Å². The first-order valence-electron chi connectivity index (χ1n) is 8.64. The number of carbonyl (C=O) groups excluding carboxylic acids is 1. The van der Waals surface area contributed by atoms with E-state index in [9.17, 15) is 4.79 Å². The minimum atomic E-state index is -0.0716. The summed E-state index contributed by atoms with van der Waals surface area (Å²) in [5.74, 6) is 0.681. The van der Waals surface area contributed by atoms with Gasteiger partial charge in [0.15, 0.2) is 0 Å². The average molecular weight is 342 g/mol. The molecule has 2 rings (SSSR count). The van der Waals surface area contributed by atoms with E-state index < -0.39 is 0 Å². The zero-order chi connectivity index (χ0) is 17.4. The van der Waals surface area contributed by atoms with Gasteiger partial charge < -0.3 is 5.32 Å². The van der Waals surface area contributed by atoms with E-state index >= 15 is 0 Å². The standard InChI is InChI=1S/C21H27NOS/c1-16(2)19-13-11-18(12-14-19)8-7-15-22-21(23)17(3)24-20-9-5-4-6-10-20/h4-6,9-14,16-17H,7-8,15H2,1-3H3,(H,22,23). The Labute approximate surface area is 150 Å². The van der Waals surface area contributed by atoms with Gasteiger partial charge in [0.2, 0.25) is 5.91 Å². The number of amides is 1. The lowest BCUT2D eigenvalue weighted by Crippen LogP contribution is -2.31. The molecule has 0 fully saturated rings. The van der Waals surface area contributed by atoms with E-state index in [1.165, 1.54) is 11.1 Å². The molecule has 1 amide bonds. The zero-order valence-corrected chi connectivity index (χ0v) is 15.6. The Hall–Kier alpha value is -1.74. The van der Waals surface area contributed by atoms with Gasteiger partial charge in [-0.15, -0.1) is 11.8 Å². The molecule has 0 aliphatic heterocycles. The summed E-state index contributed by atoms with van der Waals surface area (Å²) in [5, 5.41) is 2.97. The Morgan fingerprint density at radius 3 is 2.29 bits per heavy atom. The van der Waals surface area contributed by atoms with Crippen molar-refractivity contribution in [2.24, 2.45) is 0 Å². The Morgan fingerprint density at radius 2 is 1.67 bits per heavy atom. The van der Waals surface area contributed by atoms with Crippen LogP contribution in [0.5, 0.6) is 0 Å². The molecule has 0 aliphatic carbocycles. The van der Waals surface area contributed by atoms with Gasteiger partial charge in [0, 0.05) is 11.4 Å². The molecule has 3 heteroatoms. The van der Waals surface area contributed by atoms with Gasteiger partial charge in [-0.05, 0) is 48.9 Å². The third kappa shape index (κ3) is 6.04. The minimum absolute atomic E-state index is 0.0716. The first-order chi connectivity index (χ1) is 11.6. The van der Waals surface area contributed by atoms with Crippen molar-refractivity contribution in [2.75, 3.05) is 6.54 Å². The normalized spacial score (nSPS) is 12.2. The number of hydrogen-bond acceptors (Lipinski definition) is 2. The Bertz CT molecular complexity index is 622. The van der Waals surface area contributed by atoms with Crippen LogP contribution in [0.15, 0.2) is 59.5 Å². The van der Waals surface area contributed by atoms with Crippen LogP contribution in [0.2, 0.25) is 0 Å². The summed E-state index contributed by atoms with van der Waals surface area (Å²) in [6.07, 6.45) is 1.97. The molecule has 2 nitrogen and oxygen atoms in total. The van der Waals surface area contributed by atoms with Gasteiger partial charge in [0.1, 0.15) is 0 Å². The van der Waals surface area contributed by atoms with Crippen molar-refractivity contribution < 1.29 is 4.79 Å². The lowest BCUT2D eigenvalue weighted by molar-refractivity contribution is -0.120. The second-order valence-electron chi connectivity index (χ2n) is 6.36. The summed E-state index contributed by atoms with van der Waals surface area (Å²) in [6, 6.07) is 18.9. The lowest BCUT2D eigenvalue weighted by atomic mass is 10.0. The van der Waals surface area contributed by atoms with Crippen molar-refractivity contribution >= 4 is 17.7 Å². The van der Waals surface area contributed by atoms with Crippen molar-refractivity contribution in [2.45, 2.75) is 49.7 Å². The molecule has 0 spiro atoms. The number of hydrogen-bond donors (Lipinski definition) is 1. The summed E-state index contributed by atoms with van der Waals surface area (Å²) >= 11 is 1.60. The average Bonchev–Trinajstić information content (AvgIpc) is 2.59. The lowest BCUT2D eigenvalue weighted by Gasteiger charge is -2.12. The van der Waals surface area contributed by atoms with Crippen LogP contribution in [0.25, 0.3) is 0 Å². The molecule has 0 aliphatic rings. The molecule has 0 heterocycles. The highest BCUT2D eigenvalue weighted by Crippen LogP contribution is 2.22. The van der Waals surface area contributed by atoms with Crippen LogP contribution in [0.1, 0.15) is 44.2 Å². The molecule has 0 radical (unpaired) electrons. The first kappa shape index (κ1) is 18.6. The Kier molecular flexibility index (Phi) is 7.38. The van der Waals surface area contributed by atoms with E-state index in [0.717, 1.165) is 24.3 Å². The maximum Gasteiger partial charge on any atom is 0.233 e. The zero-order valence-electron chi connectivity index (χ0n) is 14.8. The Morgan fingerprint density at radius 1 is 1.00 bits per heavy atom. The minimum Gasteiger partial charge on any atom is -0.355 e. The quantitative estimate of drug-likeness (QED) is 0.538. The summed E-state index contributed by atoms with van der Waals surface area (Å²) in [7, 11) is 0. The molecule has 0 saturated carbocycles. The maximum absolute atomic E-state index is 12.1. The van der Waals surface area contributed by atoms with Crippen molar-refractivity contribution in [1.82, 2.24) is 5.32 Å². The van der Waals surface area contributed by atoms with Gasteiger partial charge in [-0.3, -0.25) is 4.79 Å². The molecular formula is C21H27NOS. The summed E-state index contributed by atoms with van der Waals surface area (Å²) in [5.41, 5.74) is 2.71. The van der Waals surface area contributed by atoms with Crippen molar-refractivity contribution in [3.63, 3.8) is 0 Å². The number of benzene rings is 2. The second kappa shape index (κ2) is 9.53. The van der Waals surface area contributed by atoms with Gasteiger partial charge in [0.25, 0.3) is 0 Å². The number of rotatable bonds is 8. The van der Waals surface area contributed by atoms with Gasteiger partial charge >= 0.3 is 0 Å². The van der Waals surface area contributed by atoms with Gasteiger partial charge in [0.05, 0.1) is 5.25 Å². The third-order valence-corrected chi connectivity index (χ3v) is 5.13. The third-order valence-electron chi connectivity index (χ3n) is 4.01. The fourth-order valence-corrected chi connectivity index (χ4v) is 3.39. The monoisotopic (exact) mass is 341 g/mol. The molecule has 0 aromatic heterocycles. The largest absolute Gasteiger partial charge is 0.355 e. The topological polar surface area (TPSA) is 29.1 Å². The van der Waals surface area contributed by atoms with E-state index in [1.807, 2.05) is 37.3 Å². The van der Waals surface area contributed by atoms with Gasteiger partial charge in [-0.2, -0.15) is 0 Å². The van der Waals surface area contributed by atoms with Crippen LogP contribution < -0.4 is 5.32 Å². The molecule has 2 aromatic carbocycles. The van der Waals surface area contributed by atoms with Gasteiger partial charge in [-0.1, -0.05) is 56.3 Å². The summed E-state index contributed by atoms with van der Waals surface area (Å²) in [6.45, 7) is 7.10. The molecule has 0 saturated heterocycles. The van der Waals surface area contributed by atoms with Crippen LogP contribution in [0.3, 0.4) is 0 Å². The van der Waals surface area contributed by atoms with Crippen molar-refractivity contribution in [1.29, 1.82) is 0 Å². The van der Waals surface area contributed by atoms with Crippen LogP contribution >= 0.6 is 11.8 Å². The SMILES string of the molecule is CC(Sc1ccccc1)C(=O)NCCCc1ccc(C(C)C)cc1. The fraction of sp³-hybridized carbons (Fsp3) is 0.381. The van der Waals surface area contributed by atoms with E-state index in [0.29, 0.717) is 5.92 Å². The van der Waals surface area contributed by atoms with E-state index in [2.05, 4.69) is 43.4 Å². The molecule has 1 N–H and O–H groups in total. The molecule has 1 unspecified atom stereocenters. The van der Waals surface area contributed by atoms with Crippen molar-refractivity contribution in [3.05, 3.63) is 65.7 Å². The molecule has 2 aromatic rings. The second-order valence-corrected chi connectivity index (χ2v) is 7.78. The molecule has 24 heavy (non-hydrogen) atoms. The van der Waals surface area contributed by atoms with E-state index in [4.69, 9.17) is 0 Å². The van der Waals surface area contributed by atoms with Crippen LogP contribution in [0.4, 0.5) is 0 Å². The fourth-order valence-electron chi connectivity index (χ4n) is 2.47. The highest BCUT2D eigenvalue weighted by Gasteiger charge is 2.13. The summed E-state index contributed by atoms with van der Waals surface area (Å²) < 4.78 is 0. The van der Waals surface area contributed by atoms with Crippen molar-refractivity contribution in [3.8, 4) is 0 Å². The predicted octanol–water partition coefficient (Wildman–Crippen LogP) is 5.04. The van der Waals surface area contributed by atoms with E-state index in [1.54, 1.807) is 11.8 Å². The molecule has 128 valence electrons. The number of thioether (sulfide) groups is 1. The summed E-state index contributed by atoms with van der Waals surface area (Å²) in [4.78, 5) is 13.3. The van der Waals surface area contributed by atoms with Crippen LogP contribution in [-0.2, 0) is 11.2 Å². The highest BCUT2D eigenvalue weighted by molar-refractivity contribution is 8.00. The number of nitrogens with one attached hydrogen (secondary N) is 1. The number of aryl methyl sites for hydroxylation is 1. The van der Waals surface area contributed by atoms with Crippen LogP contribution in [-0.4, -0.2) is 17.7 Å². The molecule has 0 bridgehead atoms. The molecular weight excluding hydrogens is 314 g/mol. The Balaban J connectivity index is 1.68. The maximum atomic E-state index is 12.1.